The number of hydrogen-bond donors (Lipinski definition) is 2. The molecular weight excluding hydrogens is 447 g/mol. The molecule has 25 heavy (non-hydrogen) atoms. The van der Waals surface area contributed by atoms with Crippen LogP contribution in [-0.4, -0.2) is 49.5 Å². The summed E-state index contributed by atoms with van der Waals surface area (Å²) in [5.41, 5.74) is 0. The first-order valence-corrected chi connectivity index (χ1v) is 9.89. The largest absolute Gasteiger partial charge is 0.357 e. The van der Waals surface area contributed by atoms with E-state index in [0.717, 1.165) is 64.4 Å². The summed E-state index contributed by atoms with van der Waals surface area (Å²) in [6, 6.07) is 4.29. The van der Waals surface area contributed by atoms with Gasteiger partial charge in [-0.15, -0.1) is 35.3 Å². The smallest absolute Gasteiger partial charge is 0.222 e. The Morgan fingerprint density at radius 2 is 2.28 bits per heavy atom. The highest BCUT2D eigenvalue weighted by Crippen LogP contribution is 2.14. The number of carbonyl (C=O) groups excluding carboxylic acids is 1. The van der Waals surface area contributed by atoms with E-state index in [2.05, 4.69) is 42.0 Å². The van der Waals surface area contributed by atoms with Crippen LogP contribution in [0.3, 0.4) is 0 Å². The van der Waals surface area contributed by atoms with Gasteiger partial charge in [-0.25, -0.2) is 0 Å². The second-order valence-electron chi connectivity index (χ2n) is 6.37. The van der Waals surface area contributed by atoms with Crippen molar-refractivity contribution in [3.8, 4) is 0 Å². The first kappa shape index (κ1) is 22.2. The van der Waals surface area contributed by atoms with Crippen molar-refractivity contribution in [2.75, 3.05) is 32.7 Å². The highest BCUT2D eigenvalue weighted by molar-refractivity contribution is 14.0. The van der Waals surface area contributed by atoms with Crippen LogP contribution in [0.15, 0.2) is 22.5 Å². The van der Waals surface area contributed by atoms with E-state index in [-0.39, 0.29) is 24.0 Å². The van der Waals surface area contributed by atoms with Crippen LogP contribution in [0.25, 0.3) is 0 Å². The van der Waals surface area contributed by atoms with Crippen molar-refractivity contribution in [1.29, 1.82) is 0 Å². The van der Waals surface area contributed by atoms with Gasteiger partial charge >= 0.3 is 0 Å². The van der Waals surface area contributed by atoms with Crippen LogP contribution in [-0.2, 0) is 11.2 Å². The van der Waals surface area contributed by atoms with Crippen molar-refractivity contribution in [2.24, 2.45) is 10.9 Å². The molecule has 2 heterocycles. The van der Waals surface area contributed by atoms with E-state index in [1.54, 1.807) is 0 Å². The Hall–Kier alpha value is -0.830. The number of amides is 1. The molecule has 1 atom stereocenters. The zero-order chi connectivity index (χ0) is 17.2. The molecule has 1 saturated heterocycles. The SMILES string of the molecule is CCNC(=NCC(C)Cc1cccs1)NCCCN1CCCC1=O.I. The lowest BCUT2D eigenvalue weighted by atomic mass is 10.1. The molecule has 1 amide bonds. The molecule has 5 nitrogen and oxygen atoms in total. The van der Waals surface area contributed by atoms with Crippen LogP contribution in [0.1, 0.15) is 38.0 Å². The molecule has 0 bridgehead atoms. The maximum Gasteiger partial charge on any atom is 0.222 e. The topological polar surface area (TPSA) is 56.7 Å². The number of halogens is 1. The van der Waals surface area contributed by atoms with Crippen molar-refractivity contribution in [3.05, 3.63) is 22.4 Å². The molecule has 1 aliphatic rings. The van der Waals surface area contributed by atoms with Gasteiger partial charge in [0.25, 0.3) is 0 Å². The number of thiophene rings is 1. The van der Waals surface area contributed by atoms with E-state index in [9.17, 15) is 4.79 Å². The number of hydrogen-bond acceptors (Lipinski definition) is 3. The molecule has 1 aliphatic heterocycles. The van der Waals surface area contributed by atoms with Gasteiger partial charge in [0.1, 0.15) is 0 Å². The van der Waals surface area contributed by atoms with Gasteiger partial charge in [-0.2, -0.15) is 0 Å². The molecule has 0 spiro atoms. The minimum atomic E-state index is 0. The molecule has 2 rings (SSSR count). The van der Waals surface area contributed by atoms with Crippen molar-refractivity contribution in [1.82, 2.24) is 15.5 Å². The summed E-state index contributed by atoms with van der Waals surface area (Å²) in [7, 11) is 0. The van der Waals surface area contributed by atoms with E-state index in [1.807, 2.05) is 16.2 Å². The fourth-order valence-corrected chi connectivity index (χ4v) is 3.71. The monoisotopic (exact) mass is 478 g/mol. The molecule has 2 N–H and O–H groups in total. The average Bonchev–Trinajstić information content (AvgIpc) is 3.21. The van der Waals surface area contributed by atoms with Gasteiger partial charge in [-0.1, -0.05) is 13.0 Å². The first-order valence-electron chi connectivity index (χ1n) is 9.01. The van der Waals surface area contributed by atoms with Crippen LogP contribution in [0.4, 0.5) is 0 Å². The van der Waals surface area contributed by atoms with E-state index in [1.165, 1.54) is 4.88 Å². The fraction of sp³-hybridized carbons (Fsp3) is 0.667. The fourth-order valence-electron chi connectivity index (χ4n) is 2.84. The van der Waals surface area contributed by atoms with Gasteiger partial charge in [0.2, 0.25) is 5.91 Å². The van der Waals surface area contributed by atoms with Gasteiger partial charge in [-0.05, 0) is 43.6 Å². The van der Waals surface area contributed by atoms with Crippen molar-refractivity contribution < 1.29 is 4.79 Å². The standard InChI is InChI=1S/C18H30N4OS.HI/c1-3-19-18(20-9-6-11-22-10-4-8-17(22)23)21-14-15(2)13-16-7-5-12-24-16;/h5,7,12,15H,3-4,6,8-11,13-14H2,1-2H3,(H2,19,20,21);1H. The molecule has 1 aromatic heterocycles. The highest BCUT2D eigenvalue weighted by atomic mass is 127. The van der Waals surface area contributed by atoms with Gasteiger partial charge in [0, 0.05) is 44.0 Å². The van der Waals surface area contributed by atoms with Gasteiger partial charge in [-0.3, -0.25) is 9.79 Å². The van der Waals surface area contributed by atoms with Gasteiger partial charge < -0.3 is 15.5 Å². The lowest BCUT2D eigenvalue weighted by Crippen LogP contribution is -2.39. The van der Waals surface area contributed by atoms with Crippen molar-refractivity contribution >= 4 is 47.2 Å². The highest BCUT2D eigenvalue weighted by Gasteiger charge is 2.18. The molecule has 1 fully saturated rings. The molecular formula is C18H31IN4OS. The molecule has 0 aliphatic carbocycles. The minimum absolute atomic E-state index is 0. The Labute approximate surface area is 172 Å². The molecule has 1 aromatic rings. The Bertz CT molecular complexity index is 521. The summed E-state index contributed by atoms with van der Waals surface area (Å²) in [5, 5.41) is 8.80. The average molecular weight is 478 g/mol. The Morgan fingerprint density at radius 3 is 2.92 bits per heavy atom. The lowest BCUT2D eigenvalue weighted by molar-refractivity contribution is -0.127. The summed E-state index contributed by atoms with van der Waals surface area (Å²) in [5.74, 6) is 1.71. The van der Waals surface area contributed by atoms with E-state index in [4.69, 9.17) is 4.99 Å². The Kier molecular flexibility index (Phi) is 11.1. The quantitative estimate of drug-likeness (QED) is 0.248. The third kappa shape index (κ3) is 8.40. The summed E-state index contributed by atoms with van der Waals surface area (Å²) in [6.45, 7) is 8.61. The van der Waals surface area contributed by atoms with Crippen LogP contribution in [0.5, 0.6) is 0 Å². The first-order chi connectivity index (χ1) is 11.7. The number of nitrogens with one attached hydrogen (secondary N) is 2. The number of nitrogens with zero attached hydrogens (tertiary/aromatic N) is 2. The molecule has 7 heteroatoms. The van der Waals surface area contributed by atoms with Crippen LogP contribution < -0.4 is 10.6 Å². The molecule has 1 unspecified atom stereocenters. The predicted octanol–water partition coefficient (Wildman–Crippen LogP) is 3.11. The second-order valence-corrected chi connectivity index (χ2v) is 7.41. The number of carbonyl (C=O) groups is 1. The zero-order valence-corrected chi connectivity index (χ0v) is 18.4. The Balaban J connectivity index is 0.00000312. The summed E-state index contributed by atoms with van der Waals surface area (Å²) < 4.78 is 0. The Morgan fingerprint density at radius 1 is 1.44 bits per heavy atom. The van der Waals surface area contributed by atoms with Gasteiger partial charge in [0.05, 0.1) is 0 Å². The third-order valence-electron chi connectivity index (χ3n) is 4.10. The maximum absolute atomic E-state index is 11.6. The molecule has 142 valence electrons. The number of guanidine groups is 1. The predicted molar refractivity (Wildman–Crippen MR) is 117 cm³/mol. The zero-order valence-electron chi connectivity index (χ0n) is 15.3. The molecule has 0 aromatic carbocycles. The van der Waals surface area contributed by atoms with E-state index in [0.29, 0.717) is 11.8 Å². The number of rotatable bonds is 9. The van der Waals surface area contributed by atoms with Crippen molar-refractivity contribution in [2.45, 2.75) is 39.5 Å². The van der Waals surface area contributed by atoms with Crippen LogP contribution >= 0.6 is 35.3 Å². The summed E-state index contributed by atoms with van der Waals surface area (Å²) in [6.07, 6.45) is 3.77. The maximum atomic E-state index is 11.6. The molecule has 0 saturated carbocycles. The van der Waals surface area contributed by atoms with Gasteiger partial charge in [0.15, 0.2) is 5.96 Å². The normalized spacial score (nSPS) is 15.8. The summed E-state index contributed by atoms with van der Waals surface area (Å²) >= 11 is 1.81. The second kappa shape index (κ2) is 12.5. The minimum Gasteiger partial charge on any atom is -0.357 e. The van der Waals surface area contributed by atoms with E-state index < -0.39 is 0 Å². The lowest BCUT2D eigenvalue weighted by Gasteiger charge is -2.17. The van der Waals surface area contributed by atoms with Crippen LogP contribution in [0.2, 0.25) is 0 Å². The summed E-state index contributed by atoms with van der Waals surface area (Å²) in [4.78, 5) is 19.7. The number of likely N-dealkylation sites (tertiary alicyclic amines) is 1. The molecule has 0 radical (unpaired) electrons. The van der Waals surface area contributed by atoms with E-state index >= 15 is 0 Å². The van der Waals surface area contributed by atoms with Crippen molar-refractivity contribution in [3.63, 3.8) is 0 Å². The third-order valence-corrected chi connectivity index (χ3v) is 5.00. The number of aliphatic imine (C=N–C) groups is 1. The van der Waals surface area contributed by atoms with Crippen LogP contribution in [0, 0.1) is 5.92 Å².